The monoisotopic (exact) mass is 544 g/mol. The number of nitrogens with two attached hydrogens (primary N) is 2. The van der Waals surface area contributed by atoms with E-state index in [2.05, 4.69) is 25.3 Å². The maximum Gasteiger partial charge on any atom is 0.251 e. The molecular weight excluding hydrogens is 511 g/mol. The van der Waals surface area contributed by atoms with E-state index >= 15 is 0 Å². The lowest BCUT2D eigenvalue weighted by atomic mass is 10.1. The number of nitrogens with zero attached hydrogens (tertiary/aromatic N) is 5. The lowest BCUT2D eigenvalue weighted by Crippen LogP contribution is -2.40. The second kappa shape index (κ2) is 14.4. The summed E-state index contributed by atoms with van der Waals surface area (Å²) in [6.07, 6.45) is -0.283. The number of rotatable bonds is 1. The molecule has 2 aromatic rings. The quantitative estimate of drug-likeness (QED) is 0.349. The van der Waals surface area contributed by atoms with Gasteiger partial charge in [0, 0.05) is 75.4 Å². The zero-order valence-corrected chi connectivity index (χ0v) is 20.6. The first kappa shape index (κ1) is 32.8. The number of alkyl halides is 4. The van der Waals surface area contributed by atoms with Crippen molar-refractivity contribution >= 4 is 41.6 Å². The lowest BCUT2D eigenvalue weighted by Gasteiger charge is -2.31. The van der Waals surface area contributed by atoms with Gasteiger partial charge in [0.1, 0.15) is 11.6 Å². The standard InChI is InChI=1S/C10H14F2N4.C5H6ClN3.C5H9F2N.CH4.ClH/c1-7-6-8(13)15-9(14-7)16-4-2-10(11,12)3-5-16;1-3-2-4(7)9-5(6)8-3;6-5(7)1-3-8-4-2-5;;/h6H,2-5H2,1H3,(H2,13,14,15);2H,1H3,(H2,7,8,9);8H,1-4H2;1H4;1H. The minimum absolute atomic E-state index is 0. The van der Waals surface area contributed by atoms with Gasteiger partial charge < -0.3 is 21.7 Å². The van der Waals surface area contributed by atoms with E-state index in [1.165, 1.54) is 0 Å². The van der Waals surface area contributed by atoms with Gasteiger partial charge in [0.2, 0.25) is 11.2 Å². The Kier molecular flexibility index (Phi) is 13.5. The van der Waals surface area contributed by atoms with Crippen molar-refractivity contribution in [2.45, 2.75) is 58.8 Å². The average molecular weight is 545 g/mol. The highest BCUT2D eigenvalue weighted by molar-refractivity contribution is 6.28. The van der Waals surface area contributed by atoms with Crippen molar-refractivity contribution in [3.63, 3.8) is 0 Å². The molecular formula is C21H34Cl2F4N8. The molecule has 0 atom stereocenters. The van der Waals surface area contributed by atoms with Crippen molar-refractivity contribution in [2.75, 3.05) is 42.5 Å². The molecule has 2 fully saturated rings. The van der Waals surface area contributed by atoms with E-state index in [1.807, 2.05) is 6.92 Å². The normalized spacial score (nSPS) is 17.9. The molecule has 2 saturated heterocycles. The van der Waals surface area contributed by atoms with Crippen LogP contribution in [0.3, 0.4) is 0 Å². The molecule has 0 aromatic carbocycles. The maximum atomic E-state index is 13.0. The summed E-state index contributed by atoms with van der Waals surface area (Å²) in [6, 6.07) is 3.31. The summed E-state index contributed by atoms with van der Waals surface area (Å²) in [5.74, 6) is -3.70. The highest BCUT2D eigenvalue weighted by Gasteiger charge is 2.34. The third-order valence-corrected chi connectivity index (χ3v) is 4.99. The van der Waals surface area contributed by atoms with E-state index in [4.69, 9.17) is 23.1 Å². The Morgan fingerprint density at radius 1 is 0.829 bits per heavy atom. The molecule has 35 heavy (non-hydrogen) atoms. The molecule has 4 rings (SSSR count). The van der Waals surface area contributed by atoms with E-state index in [-0.39, 0.29) is 63.9 Å². The highest BCUT2D eigenvalue weighted by atomic mass is 35.5. The number of aromatic nitrogens is 4. The van der Waals surface area contributed by atoms with Gasteiger partial charge in [0.15, 0.2) is 0 Å². The fourth-order valence-corrected chi connectivity index (χ4v) is 3.33. The van der Waals surface area contributed by atoms with E-state index < -0.39 is 11.8 Å². The van der Waals surface area contributed by atoms with Crippen LogP contribution < -0.4 is 21.7 Å². The molecule has 5 N–H and O–H groups in total. The van der Waals surface area contributed by atoms with Crippen LogP contribution >= 0.6 is 24.0 Å². The second-order valence-electron chi connectivity index (χ2n) is 7.89. The van der Waals surface area contributed by atoms with Crippen molar-refractivity contribution in [3.8, 4) is 0 Å². The number of piperidine rings is 2. The smallest absolute Gasteiger partial charge is 0.251 e. The molecule has 0 spiro atoms. The third kappa shape index (κ3) is 12.4. The number of halogens is 6. The summed E-state index contributed by atoms with van der Waals surface area (Å²) < 4.78 is 50.2. The average Bonchev–Trinajstić information content (AvgIpc) is 2.67. The van der Waals surface area contributed by atoms with Gasteiger partial charge in [-0.05, 0) is 25.4 Å². The molecule has 0 amide bonds. The van der Waals surface area contributed by atoms with Crippen molar-refractivity contribution in [2.24, 2.45) is 0 Å². The van der Waals surface area contributed by atoms with Gasteiger partial charge in [0.05, 0.1) is 0 Å². The van der Waals surface area contributed by atoms with Crippen LogP contribution in [0.2, 0.25) is 5.28 Å². The Labute approximate surface area is 214 Å². The van der Waals surface area contributed by atoms with Crippen LogP contribution in [0.4, 0.5) is 35.1 Å². The molecule has 0 aliphatic carbocycles. The summed E-state index contributed by atoms with van der Waals surface area (Å²) in [6.45, 7) is 5.09. The Morgan fingerprint density at radius 3 is 1.69 bits per heavy atom. The first-order valence-electron chi connectivity index (χ1n) is 10.4. The molecule has 4 heterocycles. The molecule has 0 radical (unpaired) electrons. The van der Waals surface area contributed by atoms with Gasteiger partial charge in [-0.2, -0.15) is 4.98 Å². The Bertz CT molecular complexity index is 832. The van der Waals surface area contributed by atoms with Crippen LogP contribution in [0, 0.1) is 13.8 Å². The number of anilines is 3. The fourth-order valence-electron chi connectivity index (χ4n) is 3.10. The lowest BCUT2D eigenvalue weighted by molar-refractivity contribution is -0.0274. The summed E-state index contributed by atoms with van der Waals surface area (Å²) in [5.41, 5.74) is 12.5. The van der Waals surface area contributed by atoms with Gasteiger partial charge in [0.25, 0.3) is 11.8 Å². The van der Waals surface area contributed by atoms with Crippen LogP contribution in [0.15, 0.2) is 12.1 Å². The van der Waals surface area contributed by atoms with Crippen molar-refractivity contribution in [1.29, 1.82) is 0 Å². The zero-order valence-electron chi connectivity index (χ0n) is 19.0. The van der Waals surface area contributed by atoms with E-state index in [9.17, 15) is 17.6 Å². The van der Waals surface area contributed by atoms with Gasteiger partial charge in [-0.1, -0.05) is 7.43 Å². The van der Waals surface area contributed by atoms with Crippen LogP contribution in [0.1, 0.15) is 44.5 Å². The predicted octanol–water partition coefficient (Wildman–Crippen LogP) is 4.69. The van der Waals surface area contributed by atoms with Gasteiger partial charge in [-0.15, -0.1) is 12.4 Å². The van der Waals surface area contributed by atoms with Gasteiger partial charge in [-0.25, -0.2) is 32.5 Å². The first-order chi connectivity index (χ1) is 15.3. The summed E-state index contributed by atoms with van der Waals surface area (Å²) in [4.78, 5) is 17.5. The highest BCUT2D eigenvalue weighted by Crippen LogP contribution is 2.29. The fraction of sp³-hybridized carbons (Fsp3) is 0.619. The molecule has 2 aromatic heterocycles. The number of hydrogen-bond acceptors (Lipinski definition) is 8. The molecule has 200 valence electrons. The van der Waals surface area contributed by atoms with Gasteiger partial charge >= 0.3 is 0 Å². The van der Waals surface area contributed by atoms with E-state index in [0.29, 0.717) is 30.7 Å². The van der Waals surface area contributed by atoms with Crippen molar-refractivity contribution in [3.05, 3.63) is 28.8 Å². The zero-order chi connectivity index (χ0) is 24.6. The van der Waals surface area contributed by atoms with Crippen LogP contribution in [0.25, 0.3) is 0 Å². The summed E-state index contributed by atoms with van der Waals surface area (Å²) in [7, 11) is 0. The minimum atomic E-state index is -2.55. The Hall–Kier alpha value is -2.18. The van der Waals surface area contributed by atoms with E-state index in [1.54, 1.807) is 24.0 Å². The van der Waals surface area contributed by atoms with Gasteiger partial charge in [-0.3, -0.25) is 0 Å². The van der Waals surface area contributed by atoms with Crippen LogP contribution in [0.5, 0.6) is 0 Å². The largest absolute Gasteiger partial charge is 0.384 e. The minimum Gasteiger partial charge on any atom is -0.384 e. The SMILES string of the molecule is C.Cc1cc(N)nc(Cl)n1.Cc1cc(N)nc(N2CCC(F)(F)CC2)n1.Cl.FC1(F)CCNCC1. The Balaban J connectivity index is 0.000000523. The number of aryl methyl sites for hydroxylation is 2. The second-order valence-corrected chi connectivity index (χ2v) is 8.22. The van der Waals surface area contributed by atoms with Crippen LogP contribution in [-0.2, 0) is 0 Å². The summed E-state index contributed by atoms with van der Waals surface area (Å²) in [5, 5.41) is 3.06. The summed E-state index contributed by atoms with van der Waals surface area (Å²) >= 11 is 5.45. The molecule has 14 heteroatoms. The molecule has 8 nitrogen and oxygen atoms in total. The molecule has 0 saturated carbocycles. The molecule has 0 bridgehead atoms. The maximum absolute atomic E-state index is 13.0. The number of nitrogens with one attached hydrogen (secondary N) is 1. The topological polar surface area (TPSA) is 119 Å². The van der Waals surface area contributed by atoms with Crippen molar-refractivity contribution < 1.29 is 17.6 Å². The number of hydrogen-bond donors (Lipinski definition) is 3. The number of nitrogen functional groups attached to an aromatic ring is 2. The molecule has 2 aliphatic rings. The van der Waals surface area contributed by atoms with Crippen LogP contribution in [-0.4, -0.2) is 58.0 Å². The molecule has 0 unspecified atom stereocenters. The molecule has 2 aliphatic heterocycles. The van der Waals surface area contributed by atoms with Crippen molar-refractivity contribution in [1.82, 2.24) is 25.3 Å². The Morgan fingerprint density at radius 2 is 1.29 bits per heavy atom. The van der Waals surface area contributed by atoms with E-state index in [0.717, 1.165) is 11.4 Å². The predicted molar refractivity (Wildman–Crippen MR) is 135 cm³/mol. The third-order valence-electron chi connectivity index (χ3n) is 4.82. The first-order valence-corrected chi connectivity index (χ1v) is 10.8.